The molecule has 0 aliphatic rings. The van der Waals surface area contributed by atoms with E-state index < -0.39 is 0 Å². The topological polar surface area (TPSA) is 32.3 Å². The number of rotatable bonds is 7. The first-order chi connectivity index (χ1) is 9.88. The molecule has 0 fully saturated rings. The largest absolute Gasteiger partial charge is 0.338 e. The lowest BCUT2D eigenvalue weighted by molar-refractivity contribution is 0.183. The zero-order valence-corrected chi connectivity index (χ0v) is 15.1. The van der Waals surface area contributed by atoms with Gasteiger partial charge < -0.3 is 10.2 Å². The maximum Gasteiger partial charge on any atom is 0.317 e. The van der Waals surface area contributed by atoms with Gasteiger partial charge in [0.25, 0.3) is 0 Å². The van der Waals surface area contributed by atoms with Crippen LogP contribution >= 0.6 is 15.9 Å². The van der Waals surface area contributed by atoms with Crippen LogP contribution in [-0.4, -0.2) is 30.6 Å². The number of benzene rings is 1. The van der Waals surface area contributed by atoms with Gasteiger partial charge in [-0.25, -0.2) is 4.79 Å². The van der Waals surface area contributed by atoms with Crippen molar-refractivity contribution in [3.63, 3.8) is 0 Å². The van der Waals surface area contributed by atoms with Crippen molar-refractivity contribution in [2.24, 2.45) is 11.8 Å². The Morgan fingerprint density at radius 1 is 1.19 bits per heavy atom. The van der Waals surface area contributed by atoms with E-state index in [4.69, 9.17) is 0 Å². The summed E-state index contributed by atoms with van der Waals surface area (Å²) in [5.74, 6) is 0.971. The number of hydrogen-bond acceptors (Lipinski definition) is 1. The Morgan fingerprint density at radius 2 is 1.81 bits per heavy atom. The first-order valence-electron chi connectivity index (χ1n) is 7.65. The van der Waals surface area contributed by atoms with Crippen molar-refractivity contribution in [2.75, 3.05) is 19.6 Å². The van der Waals surface area contributed by atoms with Gasteiger partial charge in [0.1, 0.15) is 0 Å². The fourth-order valence-electron chi connectivity index (χ4n) is 2.24. The molecule has 118 valence electrons. The lowest BCUT2D eigenvalue weighted by Gasteiger charge is -2.26. The van der Waals surface area contributed by atoms with E-state index >= 15 is 0 Å². The minimum absolute atomic E-state index is 0.0485. The highest BCUT2D eigenvalue weighted by atomic mass is 79.9. The molecule has 0 radical (unpaired) electrons. The number of halogens is 1. The third-order valence-electron chi connectivity index (χ3n) is 3.04. The number of nitrogens with one attached hydrogen (secondary N) is 1. The molecule has 1 rings (SSSR count). The Morgan fingerprint density at radius 3 is 2.33 bits per heavy atom. The monoisotopic (exact) mass is 354 g/mol. The van der Waals surface area contributed by atoms with Crippen molar-refractivity contribution >= 4 is 22.0 Å². The second-order valence-electron chi connectivity index (χ2n) is 6.30. The molecule has 0 heterocycles. The maximum absolute atomic E-state index is 12.3. The molecule has 1 N–H and O–H groups in total. The van der Waals surface area contributed by atoms with Crippen LogP contribution in [0, 0.1) is 11.8 Å². The molecule has 0 unspecified atom stereocenters. The minimum Gasteiger partial charge on any atom is -0.338 e. The van der Waals surface area contributed by atoms with E-state index in [0.717, 1.165) is 24.0 Å². The normalized spacial score (nSPS) is 11.0. The molecule has 0 bridgehead atoms. The molecule has 4 heteroatoms. The van der Waals surface area contributed by atoms with Gasteiger partial charge in [-0.05, 0) is 36.0 Å². The van der Waals surface area contributed by atoms with Gasteiger partial charge in [0.2, 0.25) is 0 Å². The Hall–Kier alpha value is -1.03. The minimum atomic E-state index is 0.0485. The average Bonchev–Trinajstić information content (AvgIpc) is 2.36. The zero-order valence-electron chi connectivity index (χ0n) is 13.5. The van der Waals surface area contributed by atoms with Crippen molar-refractivity contribution in [2.45, 2.75) is 34.1 Å². The first kappa shape index (κ1) is 18.0. The molecule has 2 amide bonds. The molecule has 0 aliphatic heterocycles. The third kappa shape index (κ3) is 7.51. The molecule has 21 heavy (non-hydrogen) atoms. The maximum atomic E-state index is 12.3. The lowest BCUT2D eigenvalue weighted by atomic mass is 10.1. The van der Waals surface area contributed by atoms with E-state index in [2.05, 4.69) is 61.1 Å². The Balaban J connectivity index is 2.45. The van der Waals surface area contributed by atoms with E-state index in [1.165, 1.54) is 5.56 Å². The third-order valence-corrected chi connectivity index (χ3v) is 3.53. The van der Waals surface area contributed by atoms with Crippen LogP contribution in [0.5, 0.6) is 0 Å². The summed E-state index contributed by atoms with van der Waals surface area (Å²) in [6.45, 7) is 10.8. The summed E-state index contributed by atoms with van der Waals surface area (Å²) in [4.78, 5) is 14.2. The summed E-state index contributed by atoms with van der Waals surface area (Å²) in [7, 11) is 0. The molecule has 0 spiro atoms. The van der Waals surface area contributed by atoms with Crippen molar-refractivity contribution in [3.05, 3.63) is 34.3 Å². The summed E-state index contributed by atoms with van der Waals surface area (Å²) in [6.07, 6.45) is 0.850. The standard InChI is InChI=1S/C17H27BrN2O/c1-13(2)11-20(12-14(3)4)17(21)19-9-8-15-6-5-7-16(18)10-15/h5-7,10,13-14H,8-9,11-12H2,1-4H3,(H,19,21). The summed E-state index contributed by atoms with van der Waals surface area (Å²) >= 11 is 3.46. The molecule has 1 aromatic carbocycles. The van der Waals surface area contributed by atoms with E-state index in [9.17, 15) is 4.79 Å². The van der Waals surface area contributed by atoms with E-state index in [1.807, 2.05) is 17.0 Å². The molecule has 1 aromatic rings. The van der Waals surface area contributed by atoms with Crippen LogP contribution in [0.15, 0.2) is 28.7 Å². The SMILES string of the molecule is CC(C)CN(CC(C)C)C(=O)NCCc1cccc(Br)c1. The van der Waals surface area contributed by atoms with Crippen LogP contribution in [0.25, 0.3) is 0 Å². The van der Waals surface area contributed by atoms with Gasteiger partial charge in [0.05, 0.1) is 0 Å². The summed E-state index contributed by atoms with van der Waals surface area (Å²) in [5, 5.41) is 3.03. The second kappa shape index (κ2) is 9.08. The highest BCUT2D eigenvalue weighted by Crippen LogP contribution is 2.11. The molecule has 0 saturated heterocycles. The van der Waals surface area contributed by atoms with Crippen LogP contribution < -0.4 is 5.32 Å². The lowest BCUT2D eigenvalue weighted by Crippen LogP contribution is -2.44. The average molecular weight is 355 g/mol. The second-order valence-corrected chi connectivity index (χ2v) is 7.22. The van der Waals surface area contributed by atoms with Gasteiger partial charge in [0.15, 0.2) is 0 Å². The number of carbonyl (C=O) groups excluding carboxylic acids is 1. The summed E-state index contributed by atoms with van der Waals surface area (Å²) in [6, 6.07) is 8.25. The summed E-state index contributed by atoms with van der Waals surface area (Å²) in [5.41, 5.74) is 1.23. The number of hydrogen-bond donors (Lipinski definition) is 1. The molecule has 3 nitrogen and oxygen atoms in total. The van der Waals surface area contributed by atoms with Gasteiger partial charge in [-0.15, -0.1) is 0 Å². The molecule has 0 aliphatic carbocycles. The van der Waals surface area contributed by atoms with E-state index in [1.54, 1.807) is 0 Å². The van der Waals surface area contributed by atoms with Crippen molar-refractivity contribution in [3.8, 4) is 0 Å². The van der Waals surface area contributed by atoms with Crippen molar-refractivity contribution < 1.29 is 4.79 Å². The van der Waals surface area contributed by atoms with Gasteiger partial charge in [0, 0.05) is 24.1 Å². The van der Waals surface area contributed by atoms with E-state index in [0.29, 0.717) is 18.4 Å². The quantitative estimate of drug-likeness (QED) is 0.776. The van der Waals surface area contributed by atoms with E-state index in [-0.39, 0.29) is 6.03 Å². The molecule has 0 aromatic heterocycles. The van der Waals surface area contributed by atoms with Gasteiger partial charge in [-0.2, -0.15) is 0 Å². The van der Waals surface area contributed by atoms with Gasteiger partial charge >= 0.3 is 6.03 Å². The predicted octanol–water partition coefficient (Wildman–Crippen LogP) is 4.32. The van der Waals surface area contributed by atoms with Crippen molar-refractivity contribution in [1.29, 1.82) is 0 Å². The van der Waals surface area contributed by atoms with Crippen LogP contribution in [-0.2, 0) is 6.42 Å². The Kier molecular flexibility index (Phi) is 7.79. The van der Waals surface area contributed by atoms with Crippen LogP contribution in [0.2, 0.25) is 0 Å². The molecule has 0 atom stereocenters. The fraction of sp³-hybridized carbons (Fsp3) is 0.588. The van der Waals surface area contributed by atoms with Gasteiger partial charge in [-0.1, -0.05) is 55.8 Å². The number of nitrogens with zero attached hydrogens (tertiary/aromatic N) is 1. The fourth-order valence-corrected chi connectivity index (χ4v) is 2.69. The zero-order chi connectivity index (χ0) is 15.8. The first-order valence-corrected chi connectivity index (χ1v) is 8.45. The Bertz CT molecular complexity index is 436. The Labute approximate surface area is 137 Å². The number of amides is 2. The number of carbonyl (C=O) groups is 1. The van der Waals surface area contributed by atoms with Crippen LogP contribution in [0.3, 0.4) is 0 Å². The number of urea groups is 1. The molecular weight excluding hydrogens is 328 g/mol. The molecule has 0 saturated carbocycles. The molecular formula is C17H27BrN2O. The predicted molar refractivity (Wildman–Crippen MR) is 92.5 cm³/mol. The van der Waals surface area contributed by atoms with Crippen molar-refractivity contribution in [1.82, 2.24) is 10.2 Å². The smallest absolute Gasteiger partial charge is 0.317 e. The van der Waals surface area contributed by atoms with Gasteiger partial charge in [-0.3, -0.25) is 0 Å². The highest BCUT2D eigenvalue weighted by molar-refractivity contribution is 9.10. The van der Waals surface area contributed by atoms with Crippen LogP contribution in [0.1, 0.15) is 33.3 Å². The summed E-state index contributed by atoms with van der Waals surface area (Å²) < 4.78 is 1.08. The van der Waals surface area contributed by atoms with Crippen LogP contribution in [0.4, 0.5) is 4.79 Å². The highest BCUT2D eigenvalue weighted by Gasteiger charge is 2.15.